The second-order valence-electron chi connectivity index (χ2n) is 4.52. The molecule has 0 saturated heterocycles. The Bertz CT molecular complexity index is 359. The summed E-state index contributed by atoms with van der Waals surface area (Å²) in [6.45, 7) is 4.82. The number of unbranched alkanes of at least 4 members (excludes halogenated alkanes) is 1. The monoisotopic (exact) mass is 268 g/mol. The fourth-order valence-electron chi connectivity index (χ4n) is 1.76. The number of esters is 1. The van der Waals surface area contributed by atoms with Gasteiger partial charge in [0.05, 0.1) is 12.2 Å². The van der Waals surface area contributed by atoms with E-state index in [4.69, 9.17) is 16.3 Å². The molecule has 1 rings (SSSR count). The molecule has 0 radical (unpaired) electrons. The molecule has 1 aromatic rings. The minimum atomic E-state index is -0.262. The Morgan fingerprint density at radius 2 is 1.94 bits per heavy atom. The number of ether oxygens (including phenoxy) is 1. The summed E-state index contributed by atoms with van der Waals surface area (Å²) in [5.41, 5.74) is 0.560. The van der Waals surface area contributed by atoms with E-state index in [1.54, 1.807) is 24.3 Å². The molecule has 0 fully saturated rings. The van der Waals surface area contributed by atoms with Crippen molar-refractivity contribution in [1.29, 1.82) is 0 Å². The molecule has 1 aromatic carbocycles. The van der Waals surface area contributed by atoms with Gasteiger partial charge in [0.2, 0.25) is 0 Å². The molecule has 0 N–H and O–H groups in total. The maximum Gasteiger partial charge on any atom is 0.338 e. The van der Waals surface area contributed by atoms with Crippen molar-refractivity contribution < 1.29 is 9.53 Å². The lowest BCUT2D eigenvalue weighted by Crippen LogP contribution is -2.14. The molecule has 0 amide bonds. The highest BCUT2D eigenvalue weighted by molar-refractivity contribution is 6.30. The molecule has 1 atom stereocenters. The zero-order chi connectivity index (χ0) is 13.4. The molecule has 0 bridgehead atoms. The molecular weight excluding hydrogens is 248 g/mol. The van der Waals surface area contributed by atoms with Gasteiger partial charge in [0.15, 0.2) is 0 Å². The average molecular weight is 269 g/mol. The number of rotatable bonds is 7. The Hall–Kier alpha value is -1.02. The molecule has 0 spiro atoms. The van der Waals surface area contributed by atoms with E-state index in [2.05, 4.69) is 13.8 Å². The van der Waals surface area contributed by atoms with Gasteiger partial charge in [-0.25, -0.2) is 4.79 Å². The summed E-state index contributed by atoms with van der Waals surface area (Å²) >= 11 is 5.77. The number of carbonyl (C=O) groups excluding carboxylic acids is 1. The molecule has 2 nitrogen and oxygen atoms in total. The van der Waals surface area contributed by atoms with Gasteiger partial charge in [-0.3, -0.25) is 0 Å². The molecule has 0 aliphatic carbocycles. The highest BCUT2D eigenvalue weighted by Gasteiger charge is 2.11. The minimum absolute atomic E-state index is 0.262. The maximum atomic E-state index is 11.8. The van der Waals surface area contributed by atoms with Gasteiger partial charge in [-0.15, -0.1) is 0 Å². The van der Waals surface area contributed by atoms with E-state index in [1.807, 2.05) is 0 Å². The number of benzene rings is 1. The normalized spacial score (nSPS) is 12.2. The van der Waals surface area contributed by atoms with Gasteiger partial charge < -0.3 is 4.74 Å². The van der Waals surface area contributed by atoms with Crippen molar-refractivity contribution in [1.82, 2.24) is 0 Å². The van der Waals surface area contributed by atoms with Crippen LogP contribution in [0.3, 0.4) is 0 Å². The second-order valence-corrected chi connectivity index (χ2v) is 4.96. The van der Waals surface area contributed by atoms with Crippen LogP contribution in [0.4, 0.5) is 0 Å². The van der Waals surface area contributed by atoms with Crippen molar-refractivity contribution in [2.24, 2.45) is 5.92 Å². The summed E-state index contributed by atoms with van der Waals surface area (Å²) in [6.07, 6.45) is 4.55. The largest absolute Gasteiger partial charge is 0.462 e. The third-order valence-electron chi connectivity index (χ3n) is 3.07. The zero-order valence-corrected chi connectivity index (χ0v) is 11.9. The molecule has 100 valence electrons. The highest BCUT2D eigenvalue weighted by atomic mass is 35.5. The Morgan fingerprint density at radius 3 is 2.50 bits per heavy atom. The fraction of sp³-hybridized carbons (Fsp3) is 0.533. The van der Waals surface area contributed by atoms with Crippen LogP contribution in [0.2, 0.25) is 5.02 Å². The lowest BCUT2D eigenvalue weighted by molar-refractivity contribution is 0.0428. The first-order valence-electron chi connectivity index (χ1n) is 6.60. The third kappa shape index (κ3) is 5.09. The number of halogens is 1. The summed E-state index contributed by atoms with van der Waals surface area (Å²) < 4.78 is 5.34. The Morgan fingerprint density at radius 1 is 1.28 bits per heavy atom. The fourth-order valence-corrected chi connectivity index (χ4v) is 1.89. The van der Waals surface area contributed by atoms with Crippen molar-refractivity contribution in [3.63, 3.8) is 0 Å². The van der Waals surface area contributed by atoms with Crippen LogP contribution in [0.25, 0.3) is 0 Å². The number of carbonyl (C=O) groups is 1. The molecule has 0 aliphatic heterocycles. The minimum Gasteiger partial charge on any atom is -0.462 e. The lowest BCUT2D eigenvalue weighted by Gasteiger charge is -2.14. The predicted molar refractivity (Wildman–Crippen MR) is 75.0 cm³/mol. The van der Waals surface area contributed by atoms with Crippen LogP contribution in [-0.4, -0.2) is 12.6 Å². The highest BCUT2D eigenvalue weighted by Crippen LogP contribution is 2.15. The van der Waals surface area contributed by atoms with Crippen molar-refractivity contribution in [3.8, 4) is 0 Å². The topological polar surface area (TPSA) is 26.3 Å². The zero-order valence-electron chi connectivity index (χ0n) is 11.1. The Labute approximate surface area is 114 Å². The van der Waals surface area contributed by atoms with Gasteiger partial charge in [0.1, 0.15) is 0 Å². The van der Waals surface area contributed by atoms with Crippen molar-refractivity contribution >= 4 is 17.6 Å². The maximum absolute atomic E-state index is 11.8. The smallest absolute Gasteiger partial charge is 0.338 e. The van der Waals surface area contributed by atoms with Crippen LogP contribution in [0.15, 0.2) is 24.3 Å². The van der Waals surface area contributed by atoms with Crippen LogP contribution in [0.1, 0.15) is 49.9 Å². The van der Waals surface area contributed by atoms with Crippen molar-refractivity contribution in [2.75, 3.05) is 6.61 Å². The Balaban J connectivity index is 2.42. The summed E-state index contributed by atoms with van der Waals surface area (Å²) in [5, 5.41) is 0.626. The van der Waals surface area contributed by atoms with E-state index in [9.17, 15) is 4.79 Å². The first-order valence-corrected chi connectivity index (χ1v) is 6.97. The SMILES string of the molecule is CCCCC(CC)COC(=O)c1ccc(Cl)cc1. The van der Waals surface area contributed by atoms with Gasteiger partial charge in [0.25, 0.3) is 0 Å². The van der Waals surface area contributed by atoms with Crippen LogP contribution in [0, 0.1) is 5.92 Å². The molecule has 0 saturated carbocycles. The first kappa shape index (κ1) is 15.0. The summed E-state index contributed by atoms with van der Waals surface area (Å²) in [7, 11) is 0. The van der Waals surface area contributed by atoms with E-state index >= 15 is 0 Å². The first-order chi connectivity index (χ1) is 8.67. The van der Waals surface area contributed by atoms with E-state index in [0.717, 1.165) is 12.8 Å². The molecule has 1 unspecified atom stereocenters. The van der Waals surface area contributed by atoms with Crippen LogP contribution in [-0.2, 0) is 4.74 Å². The van der Waals surface area contributed by atoms with Crippen molar-refractivity contribution in [3.05, 3.63) is 34.9 Å². The van der Waals surface area contributed by atoms with Crippen molar-refractivity contribution in [2.45, 2.75) is 39.5 Å². The number of hydrogen-bond donors (Lipinski definition) is 0. The number of hydrogen-bond acceptors (Lipinski definition) is 2. The summed E-state index contributed by atoms with van der Waals surface area (Å²) in [6, 6.07) is 6.79. The molecule has 0 aliphatic rings. The lowest BCUT2D eigenvalue weighted by atomic mass is 10.0. The third-order valence-corrected chi connectivity index (χ3v) is 3.33. The quantitative estimate of drug-likeness (QED) is 0.669. The van der Waals surface area contributed by atoms with Gasteiger partial charge >= 0.3 is 5.97 Å². The average Bonchev–Trinajstić information content (AvgIpc) is 2.39. The Kier molecular flexibility index (Phi) is 6.81. The molecule has 0 aromatic heterocycles. The summed E-state index contributed by atoms with van der Waals surface area (Å²) in [5.74, 6) is 0.211. The van der Waals surface area contributed by atoms with E-state index in [1.165, 1.54) is 12.8 Å². The van der Waals surface area contributed by atoms with E-state index in [0.29, 0.717) is 23.1 Å². The summed E-state index contributed by atoms with van der Waals surface area (Å²) in [4.78, 5) is 11.8. The van der Waals surface area contributed by atoms with E-state index in [-0.39, 0.29) is 5.97 Å². The predicted octanol–water partition coefficient (Wildman–Crippen LogP) is 4.71. The van der Waals surface area contributed by atoms with Gasteiger partial charge in [-0.2, -0.15) is 0 Å². The van der Waals surface area contributed by atoms with Crippen LogP contribution < -0.4 is 0 Å². The molecule has 3 heteroatoms. The van der Waals surface area contributed by atoms with Gasteiger partial charge in [-0.1, -0.05) is 44.7 Å². The van der Waals surface area contributed by atoms with Gasteiger partial charge in [0, 0.05) is 5.02 Å². The van der Waals surface area contributed by atoms with Gasteiger partial charge in [-0.05, 0) is 36.6 Å². The standard InChI is InChI=1S/C15H21ClO2/c1-3-5-6-12(4-2)11-18-15(17)13-7-9-14(16)10-8-13/h7-10,12H,3-6,11H2,1-2H3. The second kappa shape index (κ2) is 8.15. The van der Waals surface area contributed by atoms with Crippen LogP contribution in [0.5, 0.6) is 0 Å². The molecule has 0 heterocycles. The molecular formula is C15H21ClO2. The van der Waals surface area contributed by atoms with Crippen LogP contribution >= 0.6 is 11.6 Å². The molecule has 18 heavy (non-hydrogen) atoms. The van der Waals surface area contributed by atoms with E-state index < -0.39 is 0 Å².